The average Bonchev–Trinajstić information content (AvgIpc) is 2.86. The minimum absolute atomic E-state index is 0.0573. The Balaban J connectivity index is 1.99. The predicted octanol–water partition coefficient (Wildman–Crippen LogP) is 2.57. The first-order valence-electron chi connectivity index (χ1n) is 7.54. The summed E-state index contributed by atoms with van der Waals surface area (Å²) in [5, 5.41) is 3.45. The summed E-state index contributed by atoms with van der Waals surface area (Å²) in [5.41, 5.74) is 8.42. The van der Waals surface area contributed by atoms with E-state index in [2.05, 4.69) is 36.1 Å². The molecule has 1 aromatic carbocycles. The zero-order chi connectivity index (χ0) is 16.6. The maximum atomic E-state index is 12.0. The van der Waals surface area contributed by atoms with E-state index in [9.17, 15) is 4.79 Å². The molecule has 0 unspecified atom stereocenters. The lowest BCUT2D eigenvalue weighted by Crippen LogP contribution is -2.26. The first-order valence-corrected chi connectivity index (χ1v) is 7.54. The Morgan fingerprint density at radius 3 is 2.78 bits per heavy atom. The van der Waals surface area contributed by atoms with E-state index in [1.54, 1.807) is 22.9 Å². The Bertz CT molecular complexity index is 901. The van der Waals surface area contributed by atoms with Crippen molar-refractivity contribution in [2.24, 2.45) is 0 Å². The molecule has 0 bridgehead atoms. The number of benzene rings is 1. The number of anilines is 2. The van der Waals surface area contributed by atoms with Gasteiger partial charge in [0.25, 0.3) is 5.56 Å². The molecule has 0 saturated carbocycles. The number of pyridine rings is 1. The third-order valence-corrected chi connectivity index (χ3v) is 3.44. The summed E-state index contributed by atoms with van der Waals surface area (Å²) in [7, 11) is 0. The Morgan fingerprint density at radius 2 is 2.04 bits per heavy atom. The molecule has 0 atom stereocenters. The van der Waals surface area contributed by atoms with E-state index in [1.165, 1.54) is 0 Å². The van der Waals surface area contributed by atoms with Crippen LogP contribution >= 0.6 is 0 Å². The molecule has 4 N–H and O–H groups in total. The first kappa shape index (κ1) is 15.1. The largest absolute Gasteiger partial charge is 0.394 e. The van der Waals surface area contributed by atoms with Crippen LogP contribution < -0.4 is 16.6 Å². The molecule has 120 valence electrons. The number of fused-ring (bicyclic) bond motifs is 1. The van der Waals surface area contributed by atoms with Gasteiger partial charge in [-0.25, -0.2) is 4.98 Å². The fourth-order valence-electron chi connectivity index (χ4n) is 2.50. The number of hydrogen-bond donors (Lipinski definition) is 3. The summed E-state index contributed by atoms with van der Waals surface area (Å²) in [6.07, 6.45) is 1.71. The number of rotatable bonds is 3. The minimum atomic E-state index is -0.207. The standard InChI is InChI=1S/C17H21N5O/c1-17(2,3)21-13-8-4-7-12-15(13)20-14(19-12)10-22-9-5-6-11(18)16(22)23/h4-9,21H,10,18H2,1-3H3,(H,19,20). The number of hydrogen-bond acceptors (Lipinski definition) is 4. The van der Waals surface area contributed by atoms with Crippen molar-refractivity contribution in [2.45, 2.75) is 32.9 Å². The molecule has 0 saturated heterocycles. The molecule has 3 rings (SSSR count). The quantitative estimate of drug-likeness (QED) is 0.693. The minimum Gasteiger partial charge on any atom is -0.394 e. The Labute approximate surface area is 134 Å². The van der Waals surface area contributed by atoms with Crippen LogP contribution in [-0.4, -0.2) is 20.1 Å². The fraction of sp³-hybridized carbons (Fsp3) is 0.294. The molecule has 0 fully saturated rings. The van der Waals surface area contributed by atoms with E-state index in [4.69, 9.17) is 5.73 Å². The van der Waals surface area contributed by atoms with Crippen LogP contribution in [0.4, 0.5) is 11.4 Å². The van der Waals surface area contributed by atoms with Crippen molar-refractivity contribution >= 4 is 22.4 Å². The van der Waals surface area contributed by atoms with Crippen LogP contribution in [0.15, 0.2) is 41.3 Å². The van der Waals surface area contributed by atoms with Crippen LogP contribution in [0.5, 0.6) is 0 Å². The maximum Gasteiger partial charge on any atom is 0.274 e. The van der Waals surface area contributed by atoms with Crippen molar-refractivity contribution in [1.82, 2.24) is 14.5 Å². The lowest BCUT2D eigenvalue weighted by molar-refractivity contribution is 0.635. The van der Waals surface area contributed by atoms with Crippen LogP contribution in [-0.2, 0) is 6.54 Å². The highest BCUT2D eigenvalue weighted by molar-refractivity contribution is 5.88. The van der Waals surface area contributed by atoms with Crippen molar-refractivity contribution in [1.29, 1.82) is 0 Å². The SMILES string of the molecule is CC(C)(C)Nc1cccc2[nH]c(Cn3cccc(N)c3=O)nc12. The molecule has 0 aliphatic heterocycles. The molecule has 0 aliphatic carbocycles. The number of aromatic amines is 1. The van der Waals surface area contributed by atoms with E-state index in [0.29, 0.717) is 6.54 Å². The summed E-state index contributed by atoms with van der Waals surface area (Å²) < 4.78 is 1.55. The number of nitrogens with zero attached hydrogens (tertiary/aromatic N) is 2. The lowest BCUT2D eigenvalue weighted by Gasteiger charge is -2.22. The van der Waals surface area contributed by atoms with E-state index in [-0.39, 0.29) is 16.8 Å². The molecular weight excluding hydrogens is 290 g/mol. The molecule has 0 amide bonds. The molecule has 2 aromatic heterocycles. The van der Waals surface area contributed by atoms with Gasteiger partial charge in [-0.15, -0.1) is 0 Å². The van der Waals surface area contributed by atoms with E-state index in [1.807, 2.05) is 18.2 Å². The topological polar surface area (TPSA) is 88.7 Å². The van der Waals surface area contributed by atoms with Gasteiger partial charge in [0.2, 0.25) is 0 Å². The van der Waals surface area contributed by atoms with E-state index < -0.39 is 0 Å². The molecule has 0 spiro atoms. The van der Waals surface area contributed by atoms with Gasteiger partial charge in [0.1, 0.15) is 11.3 Å². The second kappa shape index (κ2) is 5.46. The van der Waals surface area contributed by atoms with Crippen LogP contribution in [0.1, 0.15) is 26.6 Å². The number of nitrogen functional groups attached to an aromatic ring is 1. The third kappa shape index (κ3) is 3.21. The zero-order valence-electron chi connectivity index (χ0n) is 13.6. The highest BCUT2D eigenvalue weighted by Crippen LogP contribution is 2.24. The lowest BCUT2D eigenvalue weighted by atomic mass is 10.1. The second-order valence-electron chi connectivity index (χ2n) is 6.66. The van der Waals surface area contributed by atoms with Crippen molar-refractivity contribution in [2.75, 3.05) is 11.1 Å². The normalized spacial score (nSPS) is 11.8. The van der Waals surface area contributed by atoms with Gasteiger partial charge in [0.15, 0.2) is 0 Å². The molecule has 0 radical (unpaired) electrons. The van der Waals surface area contributed by atoms with Crippen LogP contribution in [0.2, 0.25) is 0 Å². The molecule has 3 aromatic rings. The van der Waals surface area contributed by atoms with Crippen LogP contribution in [0.25, 0.3) is 11.0 Å². The zero-order valence-corrected chi connectivity index (χ0v) is 13.6. The van der Waals surface area contributed by atoms with Gasteiger partial charge in [-0.1, -0.05) is 6.07 Å². The van der Waals surface area contributed by atoms with Gasteiger partial charge in [-0.2, -0.15) is 0 Å². The summed E-state index contributed by atoms with van der Waals surface area (Å²) in [6, 6.07) is 9.31. The number of H-pyrrole nitrogens is 1. The van der Waals surface area contributed by atoms with Crippen LogP contribution in [0.3, 0.4) is 0 Å². The van der Waals surface area contributed by atoms with Crippen molar-refractivity contribution in [3.63, 3.8) is 0 Å². The van der Waals surface area contributed by atoms with Crippen molar-refractivity contribution < 1.29 is 0 Å². The van der Waals surface area contributed by atoms with Gasteiger partial charge >= 0.3 is 0 Å². The molecular formula is C17H21N5O. The maximum absolute atomic E-state index is 12.0. The van der Waals surface area contributed by atoms with Gasteiger partial charge in [-0.3, -0.25) is 4.79 Å². The predicted molar refractivity (Wildman–Crippen MR) is 93.7 cm³/mol. The van der Waals surface area contributed by atoms with Gasteiger partial charge < -0.3 is 20.6 Å². The molecule has 0 aliphatic rings. The smallest absolute Gasteiger partial charge is 0.274 e. The van der Waals surface area contributed by atoms with Gasteiger partial charge in [0.05, 0.1) is 23.4 Å². The molecule has 6 heteroatoms. The Hall–Kier alpha value is -2.76. The fourth-order valence-corrected chi connectivity index (χ4v) is 2.50. The monoisotopic (exact) mass is 311 g/mol. The van der Waals surface area contributed by atoms with Gasteiger partial charge in [0, 0.05) is 11.7 Å². The van der Waals surface area contributed by atoms with Crippen molar-refractivity contribution in [3.05, 3.63) is 52.7 Å². The number of nitrogens with one attached hydrogen (secondary N) is 2. The van der Waals surface area contributed by atoms with Crippen molar-refractivity contribution in [3.8, 4) is 0 Å². The number of aromatic nitrogens is 3. The Kier molecular flexibility index (Phi) is 3.60. The summed E-state index contributed by atoms with van der Waals surface area (Å²) in [5.74, 6) is 0.718. The molecule has 2 heterocycles. The van der Waals surface area contributed by atoms with E-state index in [0.717, 1.165) is 22.5 Å². The molecule has 23 heavy (non-hydrogen) atoms. The first-order chi connectivity index (χ1) is 10.8. The highest BCUT2D eigenvalue weighted by Gasteiger charge is 2.14. The van der Waals surface area contributed by atoms with Crippen LogP contribution in [0, 0.1) is 0 Å². The van der Waals surface area contributed by atoms with Gasteiger partial charge in [-0.05, 0) is 45.0 Å². The third-order valence-electron chi connectivity index (χ3n) is 3.44. The summed E-state index contributed by atoms with van der Waals surface area (Å²) in [4.78, 5) is 19.9. The highest BCUT2D eigenvalue weighted by atomic mass is 16.1. The summed E-state index contributed by atoms with van der Waals surface area (Å²) >= 11 is 0. The number of imidazole rings is 1. The van der Waals surface area contributed by atoms with E-state index >= 15 is 0 Å². The number of nitrogens with two attached hydrogens (primary N) is 1. The average molecular weight is 311 g/mol. The Morgan fingerprint density at radius 1 is 1.26 bits per heavy atom. The molecule has 6 nitrogen and oxygen atoms in total. The second-order valence-corrected chi connectivity index (χ2v) is 6.66. The number of para-hydroxylation sites is 1. The summed E-state index contributed by atoms with van der Waals surface area (Å²) in [6.45, 7) is 6.66.